The monoisotopic (exact) mass is 288 g/mol. The summed E-state index contributed by atoms with van der Waals surface area (Å²) in [5.41, 5.74) is 7.73. The van der Waals surface area contributed by atoms with Gasteiger partial charge in [0.05, 0.1) is 12.5 Å². The van der Waals surface area contributed by atoms with Gasteiger partial charge in [0.2, 0.25) is 5.91 Å². The molecule has 0 spiro atoms. The maximum Gasteiger partial charge on any atom is 0.229 e. The lowest BCUT2D eigenvalue weighted by molar-refractivity contribution is -0.122. The van der Waals surface area contributed by atoms with Crippen LogP contribution in [0.1, 0.15) is 44.1 Å². The molecular weight excluding hydrogens is 264 g/mol. The number of ether oxygens (including phenoxy) is 1. The van der Waals surface area contributed by atoms with Crippen molar-refractivity contribution in [3.63, 3.8) is 0 Å². The highest BCUT2D eigenvalue weighted by molar-refractivity contribution is 5.94. The van der Waals surface area contributed by atoms with Gasteiger partial charge in [0, 0.05) is 24.9 Å². The molecule has 1 amide bonds. The Morgan fingerprint density at radius 2 is 1.95 bits per heavy atom. The van der Waals surface area contributed by atoms with E-state index < -0.39 is 0 Å². The molecule has 0 radical (unpaired) electrons. The lowest BCUT2D eigenvalue weighted by Crippen LogP contribution is -2.36. The van der Waals surface area contributed by atoms with Gasteiger partial charge in [-0.1, -0.05) is 12.1 Å². The van der Waals surface area contributed by atoms with Crippen LogP contribution < -0.4 is 10.6 Å². The molecule has 1 saturated carbocycles. The standard InChI is InChI=1S/C17H24N2O2/c18-12-13-4-6-14(7-5-13)19(15-8-9-15)17(20)11-16-3-1-2-10-21-16/h4-7,15-16H,1-3,8-12,18H2. The molecule has 1 unspecified atom stereocenters. The molecule has 1 aliphatic carbocycles. The van der Waals surface area contributed by atoms with Gasteiger partial charge in [-0.2, -0.15) is 0 Å². The second-order valence-corrected chi connectivity index (χ2v) is 6.06. The zero-order chi connectivity index (χ0) is 14.7. The lowest BCUT2D eigenvalue weighted by Gasteiger charge is -2.27. The van der Waals surface area contributed by atoms with E-state index in [1.807, 2.05) is 29.2 Å². The molecule has 21 heavy (non-hydrogen) atoms. The quantitative estimate of drug-likeness (QED) is 0.906. The molecule has 1 heterocycles. The summed E-state index contributed by atoms with van der Waals surface area (Å²) >= 11 is 0. The lowest BCUT2D eigenvalue weighted by atomic mass is 10.1. The summed E-state index contributed by atoms with van der Waals surface area (Å²) < 4.78 is 5.71. The number of amides is 1. The predicted molar refractivity (Wildman–Crippen MR) is 83.0 cm³/mol. The summed E-state index contributed by atoms with van der Waals surface area (Å²) in [4.78, 5) is 14.6. The van der Waals surface area contributed by atoms with Gasteiger partial charge in [0.1, 0.15) is 0 Å². The van der Waals surface area contributed by atoms with E-state index in [9.17, 15) is 4.79 Å². The molecule has 1 aliphatic heterocycles. The van der Waals surface area contributed by atoms with Crippen LogP contribution in [0.3, 0.4) is 0 Å². The average molecular weight is 288 g/mol. The van der Waals surface area contributed by atoms with Gasteiger partial charge in [0.15, 0.2) is 0 Å². The van der Waals surface area contributed by atoms with Gasteiger partial charge >= 0.3 is 0 Å². The second-order valence-electron chi connectivity index (χ2n) is 6.06. The Morgan fingerprint density at radius 1 is 1.19 bits per heavy atom. The molecule has 2 N–H and O–H groups in total. The van der Waals surface area contributed by atoms with Crippen LogP contribution >= 0.6 is 0 Å². The first kappa shape index (κ1) is 14.5. The van der Waals surface area contributed by atoms with E-state index in [4.69, 9.17) is 10.5 Å². The molecule has 2 aliphatic rings. The topological polar surface area (TPSA) is 55.6 Å². The van der Waals surface area contributed by atoms with Crippen molar-refractivity contribution >= 4 is 11.6 Å². The van der Waals surface area contributed by atoms with Gasteiger partial charge in [-0.05, 0) is 49.8 Å². The Morgan fingerprint density at radius 3 is 2.52 bits per heavy atom. The van der Waals surface area contributed by atoms with Crippen molar-refractivity contribution in [1.82, 2.24) is 0 Å². The number of anilines is 1. The summed E-state index contributed by atoms with van der Waals surface area (Å²) in [5.74, 6) is 0.199. The Balaban J connectivity index is 1.69. The van der Waals surface area contributed by atoms with Crippen LogP contribution in [0.25, 0.3) is 0 Å². The van der Waals surface area contributed by atoms with Crippen LogP contribution in [0.2, 0.25) is 0 Å². The maximum atomic E-state index is 12.7. The number of nitrogens with zero attached hydrogens (tertiary/aromatic N) is 1. The number of nitrogens with two attached hydrogens (primary N) is 1. The van der Waals surface area contributed by atoms with E-state index in [1.54, 1.807) is 0 Å². The van der Waals surface area contributed by atoms with Crippen LogP contribution in [0, 0.1) is 0 Å². The number of hydrogen-bond acceptors (Lipinski definition) is 3. The summed E-state index contributed by atoms with van der Waals surface area (Å²) in [6.07, 6.45) is 6.14. The van der Waals surface area contributed by atoms with Crippen molar-refractivity contribution in [2.75, 3.05) is 11.5 Å². The Labute approximate surface area is 126 Å². The van der Waals surface area contributed by atoms with Crippen LogP contribution in [0.4, 0.5) is 5.69 Å². The normalized spacial score (nSPS) is 22.0. The van der Waals surface area contributed by atoms with Gasteiger partial charge in [-0.25, -0.2) is 0 Å². The van der Waals surface area contributed by atoms with Crippen LogP contribution in [-0.2, 0) is 16.1 Å². The fraction of sp³-hybridized carbons (Fsp3) is 0.588. The summed E-state index contributed by atoms with van der Waals surface area (Å²) in [6.45, 7) is 1.33. The van der Waals surface area contributed by atoms with Gasteiger partial charge < -0.3 is 15.4 Å². The van der Waals surface area contributed by atoms with Crippen LogP contribution in [-0.4, -0.2) is 24.7 Å². The summed E-state index contributed by atoms with van der Waals surface area (Å²) in [6, 6.07) is 8.43. The Hall–Kier alpha value is -1.39. The number of carbonyl (C=O) groups excluding carboxylic acids is 1. The molecule has 1 atom stereocenters. The second kappa shape index (κ2) is 6.58. The first-order valence-corrected chi connectivity index (χ1v) is 8.00. The van der Waals surface area contributed by atoms with Crippen molar-refractivity contribution in [3.05, 3.63) is 29.8 Å². The van der Waals surface area contributed by atoms with Gasteiger partial charge in [-0.3, -0.25) is 4.79 Å². The van der Waals surface area contributed by atoms with Gasteiger partial charge in [0.25, 0.3) is 0 Å². The first-order chi connectivity index (χ1) is 10.3. The zero-order valence-corrected chi connectivity index (χ0v) is 12.5. The number of carbonyl (C=O) groups is 1. The van der Waals surface area contributed by atoms with Crippen molar-refractivity contribution in [2.24, 2.45) is 5.73 Å². The first-order valence-electron chi connectivity index (χ1n) is 8.00. The van der Waals surface area contributed by atoms with E-state index in [1.165, 1.54) is 6.42 Å². The fourth-order valence-electron chi connectivity index (χ4n) is 2.95. The summed E-state index contributed by atoms with van der Waals surface area (Å²) in [5, 5.41) is 0. The minimum absolute atomic E-state index is 0.107. The Bertz CT molecular complexity index is 476. The number of benzene rings is 1. The average Bonchev–Trinajstić information content (AvgIpc) is 3.34. The van der Waals surface area contributed by atoms with E-state index in [2.05, 4.69) is 0 Å². The van der Waals surface area contributed by atoms with E-state index in [0.29, 0.717) is 19.0 Å². The SMILES string of the molecule is NCc1ccc(N(C(=O)CC2CCCCO2)C2CC2)cc1. The third-order valence-electron chi connectivity index (χ3n) is 4.31. The molecule has 1 aromatic rings. The summed E-state index contributed by atoms with van der Waals surface area (Å²) in [7, 11) is 0. The molecule has 0 bridgehead atoms. The largest absolute Gasteiger partial charge is 0.378 e. The van der Waals surface area contributed by atoms with Crippen molar-refractivity contribution < 1.29 is 9.53 Å². The van der Waals surface area contributed by atoms with Crippen LogP contribution in [0.5, 0.6) is 0 Å². The fourth-order valence-corrected chi connectivity index (χ4v) is 2.95. The molecule has 0 aromatic heterocycles. The number of hydrogen-bond donors (Lipinski definition) is 1. The van der Waals surface area contributed by atoms with Crippen molar-refractivity contribution in [1.29, 1.82) is 0 Å². The molecule has 4 nitrogen and oxygen atoms in total. The highest BCUT2D eigenvalue weighted by Gasteiger charge is 2.34. The molecule has 1 aromatic carbocycles. The maximum absolute atomic E-state index is 12.7. The molecule has 1 saturated heterocycles. The van der Waals surface area contributed by atoms with Crippen molar-refractivity contribution in [3.8, 4) is 0 Å². The minimum atomic E-state index is 0.107. The molecule has 2 fully saturated rings. The predicted octanol–water partition coefficient (Wildman–Crippen LogP) is 2.60. The van der Waals surface area contributed by atoms with E-state index >= 15 is 0 Å². The molecular formula is C17H24N2O2. The molecule has 3 rings (SSSR count). The zero-order valence-electron chi connectivity index (χ0n) is 12.5. The van der Waals surface area contributed by atoms with Crippen LogP contribution in [0.15, 0.2) is 24.3 Å². The molecule has 114 valence electrons. The highest BCUT2D eigenvalue weighted by Crippen LogP contribution is 2.33. The highest BCUT2D eigenvalue weighted by atomic mass is 16.5. The third-order valence-corrected chi connectivity index (χ3v) is 4.31. The van der Waals surface area contributed by atoms with E-state index in [0.717, 1.165) is 43.5 Å². The van der Waals surface area contributed by atoms with E-state index in [-0.39, 0.29) is 12.0 Å². The molecule has 4 heteroatoms. The van der Waals surface area contributed by atoms with Crippen molar-refractivity contribution in [2.45, 2.75) is 57.2 Å². The smallest absolute Gasteiger partial charge is 0.229 e. The number of rotatable bonds is 5. The minimum Gasteiger partial charge on any atom is -0.378 e. The third kappa shape index (κ3) is 3.63. The Kier molecular flexibility index (Phi) is 4.56. The van der Waals surface area contributed by atoms with Gasteiger partial charge in [-0.15, -0.1) is 0 Å².